The summed E-state index contributed by atoms with van der Waals surface area (Å²) in [5.41, 5.74) is 3.05. The SMILES string of the molecule is O=C1NC(=S)NC(=O)C1=NNc1ccc(I)cc1. The average molecular weight is 374 g/mol. The summed E-state index contributed by atoms with van der Waals surface area (Å²) in [6.07, 6.45) is 0. The summed E-state index contributed by atoms with van der Waals surface area (Å²) < 4.78 is 1.07. The first-order chi connectivity index (χ1) is 8.56. The summed E-state index contributed by atoms with van der Waals surface area (Å²) in [6, 6.07) is 7.32. The monoisotopic (exact) mass is 374 g/mol. The minimum Gasteiger partial charge on any atom is -0.297 e. The fraction of sp³-hybridized carbons (Fsp3) is 0. The van der Waals surface area contributed by atoms with Crippen LogP contribution in [-0.2, 0) is 9.59 Å². The van der Waals surface area contributed by atoms with Gasteiger partial charge in [-0.1, -0.05) is 0 Å². The van der Waals surface area contributed by atoms with E-state index in [0.717, 1.165) is 3.57 Å². The topological polar surface area (TPSA) is 82.6 Å². The lowest BCUT2D eigenvalue weighted by atomic mass is 10.3. The molecule has 0 spiro atoms. The van der Waals surface area contributed by atoms with Crippen LogP contribution < -0.4 is 16.1 Å². The highest BCUT2D eigenvalue weighted by Gasteiger charge is 2.27. The second-order valence-corrected chi connectivity index (χ2v) is 4.97. The van der Waals surface area contributed by atoms with E-state index in [4.69, 9.17) is 0 Å². The fourth-order valence-corrected chi connectivity index (χ4v) is 1.75. The van der Waals surface area contributed by atoms with Crippen LogP contribution in [0.2, 0.25) is 0 Å². The summed E-state index contributed by atoms with van der Waals surface area (Å²) >= 11 is 6.84. The Morgan fingerprint density at radius 3 is 2.22 bits per heavy atom. The molecule has 6 nitrogen and oxygen atoms in total. The van der Waals surface area contributed by atoms with Gasteiger partial charge in [0.15, 0.2) is 5.11 Å². The quantitative estimate of drug-likeness (QED) is 0.402. The van der Waals surface area contributed by atoms with Gasteiger partial charge in [0.1, 0.15) is 0 Å². The maximum Gasteiger partial charge on any atom is 0.283 e. The van der Waals surface area contributed by atoms with Gasteiger partial charge in [-0.25, -0.2) is 0 Å². The van der Waals surface area contributed by atoms with Gasteiger partial charge in [0, 0.05) is 3.57 Å². The second-order valence-electron chi connectivity index (χ2n) is 3.32. The molecular weight excluding hydrogens is 367 g/mol. The van der Waals surface area contributed by atoms with Gasteiger partial charge >= 0.3 is 0 Å². The number of hydrazone groups is 1. The molecule has 1 aliphatic heterocycles. The Morgan fingerprint density at radius 2 is 1.67 bits per heavy atom. The molecule has 0 atom stereocenters. The zero-order chi connectivity index (χ0) is 13.1. The summed E-state index contributed by atoms with van der Waals surface area (Å²) in [4.78, 5) is 22.9. The number of anilines is 1. The Bertz CT molecular complexity index is 534. The lowest BCUT2D eigenvalue weighted by Gasteiger charge is -2.15. The molecule has 1 aromatic carbocycles. The molecule has 0 bridgehead atoms. The minimum absolute atomic E-state index is 0.0155. The number of amides is 2. The number of carbonyl (C=O) groups excluding carboxylic acids is 2. The van der Waals surface area contributed by atoms with E-state index in [2.05, 4.69) is 56.0 Å². The molecule has 1 saturated heterocycles. The molecule has 0 aromatic heterocycles. The van der Waals surface area contributed by atoms with Gasteiger partial charge in [-0.05, 0) is 59.1 Å². The second kappa shape index (κ2) is 5.40. The Kier molecular flexibility index (Phi) is 3.87. The number of hydrogen-bond donors (Lipinski definition) is 3. The van der Waals surface area contributed by atoms with Crippen molar-refractivity contribution in [3.05, 3.63) is 27.8 Å². The van der Waals surface area contributed by atoms with Crippen molar-refractivity contribution in [3.8, 4) is 0 Å². The van der Waals surface area contributed by atoms with Gasteiger partial charge < -0.3 is 0 Å². The molecular formula is C10H7IN4O2S. The maximum absolute atomic E-state index is 11.5. The van der Waals surface area contributed by atoms with E-state index < -0.39 is 11.8 Å². The van der Waals surface area contributed by atoms with Crippen molar-refractivity contribution in [1.29, 1.82) is 0 Å². The first-order valence-electron chi connectivity index (χ1n) is 4.82. The highest BCUT2D eigenvalue weighted by molar-refractivity contribution is 14.1. The molecule has 1 fully saturated rings. The molecule has 0 aliphatic carbocycles. The Labute approximate surface area is 121 Å². The average Bonchev–Trinajstić information content (AvgIpc) is 2.30. The smallest absolute Gasteiger partial charge is 0.283 e. The first kappa shape index (κ1) is 12.9. The molecule has 1 aromatic rings. The number of nitrogens with one attached hydrogen (secondary N) is 3. The third-order valence-corrected chi connectivity index (χ3v) is 2.95. The molecule has 2 amide bonds. The molecule has 2 rings (SSSR count). The Hall–Kier alpha value is -1.55. The molecule has 1 heterocycles. The zero-order valence-electron chi connectivity index (χ0n) is 8.86. The number of benzene rings is 1. The van der Waals surface area contributed by atoms with Crippen LogP contribution in [0.3, 0.4) is 0 Å². The lowest BCUT2D eigenvalue weighted by Crippen LogP contribution is -2.56. The summed E-state index contributed by atoms with van der Waals surface area (Å²) in [6.45, 7) is 0. The molecule has 3 N–H and O–H groups in total. The molecule has 0 saturated carbocycles. The van der Waals surface area contributed by atoms with Crippen LogP contribution in [0.5, 0.6) is 0 Å². The lowest BCUT2D eigenvalue weighted by molar-refractivity contribution is -0.118. The third kappa shape index (κ3) is 3.01. The van der Waals surface area contributed by atoms with Gasteiger partial charge in [-0.3, -0.25) is 25.6 Å². The predicted molar refractivity (Wildman–Crippen MR) is 79.1 cm³/mol. The van der Waals surface area contributed by atoms with Gasteiger partial charge in [0.05, 0.1) is 5.69 Å². The summed E-state index contributed by atoms with van der Waals surface area (Å²) in [5.74, 6) is -1.25. The van der Waals surface area contributed by atoms with Gasteiger partial charge in [0.25, 0.3) is 11.8 Å². The largest absolute Gasteiger partial charge is 0.297 e. The van der Waals surface area contributed by atoms with Crippen molar-refractivity contribution < 1.29 is 9.59 Å². The summed E-state index contributed by atoms with van der Waals surface area (Å²) in [7, 11) is 0. The van der Waals surface area contributed by atoms with Crippen LogP contribution in [0, 0.1) is 3.57 Å². The van der Waals surface area contributed by atoms with E-state index in [9.17, 15) is 9.59 Å². The molecule has 8 heteroatoms. The minimum atomic E-state index is -0.623. The number of nitrogens with zero attached hydrogens (tertiary/aromatic N) is 1. The molecule has 1 aliphatic rings. The number of halogens is 1. The van der Waals surface area contributed by atoms with Crippen molar-refractivity contribution in [2.24, 2.45) is 5.10 Å². The van der Waals surface area contributed by atoms with Gasteiger partial charge in [0.2, 0.25) is 5.71 Å². The number of carbonyl (C=O) groups is 2. The molecule has 0 radical (unpaired) electrons. The maximum atomic E-state index is 11.5. The Balaban J connectivity index is 2.13. The highest BCUT2D eigenvalue weighted by Crippen LogP contribution is 2.11. The van der Waals surface area contributed by atoms with E-state index in [0.29, 0.717) is 5.69 Å². The van der Waals surface area contributed by atoms with Crippen molar-refractivity contribution in [3.63, 3.8) is 0 Å². The van der Waals surface area contributed by atoms with E-state index >= 15 is 0 Å². The molecule has 92 valence electrons. The normalized spacial score (nSPS) is 14.9. The van der Waals surface area contributed by atoms with Crippen LogP contribution in [-0.4, -0.2) is 22.6 Å². The van der Waals surface area contributed by atoms with Crippen LogP contribution in [0.25, 0.3) is 0 Å². The zero-order valence-corrected chi connectivity index (χ0v) is 11.8. The van der Waals surface area contributed by atoms with E-state index in [1.54, 1.807) is 12.1 Å². The van der Waals surface area contributed by atoms with Crippen molar-refractivity contribution in [1.82, 2.24) is 10.6 Å². The number of hydrogen-bond acceptors (Lipinski definition) is 5. The highest BCUT2D eigenvalue weighted by atomic mass is 127. The van der Waals surface area contributed by atoms with Crippen LogP contribution in [0.15, 0.2) is 29.4 Å². The number of rotatable bonds is 2. The predicted octanol–water partition coefficient (Wildman–Crippen LogP) is 0.590. The molecule has 0 unspecified atom stereocenters. The Morgan fingerprint density at radius 1 is 1.11 bits per heavy atom. The van der Waals surface area contributed by atoms with Crippen molar-refractivity contribution >= 4 is 63.1 Å². The van der Waals surface area contributed by atoms with Crippen molar-refractivity contribution in [2.45, 2.75) is 0 Å². The molecule has 18 heavy (non-hydrogen) atoms. The van der Waals surface area contributed by atoms with Crippen LogP contribution >= 0.6 is 34.8 Å². The van der Waals surface area contributed by atoms with E-state index in [-0.39, 0.29) is 10.8 Å². The third-order valence-electron chi connectivity index (χ3n) is 2.03. The van der Waals surface area contributed by atoms with Crippen LogP contribution in [0.1, 0.15) is 0 Å². The summed E-state index contributed by atoms with van der Waals surface area (Å²) in [5, 5.41) is 8.33. The first-order valence-corrected chi connectivity index (χ1v) is 6.31. The number of thiocarbonyl (C=S) groups is 1. The standard InChI is InChI=1S/C10H7IN4O2S/c11-5-1-3-6(4-2-5)14-15-7-8(16)12-10(18)13-9(7)17/h1-4,14H,(H2,12,13,16,17,18). The fourth-order valence-electron chi connectivity index (χ4n) is 1.21. The van der Waals surface area contributed by atoms with E-state index in [1.807, 2.05) is 12.1 Å². The van der Waals surface area contributed by atoms with Crippen LogP contribution in [0.4, 0.5) is 5.69 Å². The van der Waals surface area contributed by atoms with Gasteiger partial charge in [-0.2, -0.15) is 5.10 Å². The van der Waals surface area contributed by atoms with Crippen molar-refractivity contribution in [2.75, 3.05) is 5.43 Å². The van der Waals surface area contributed by atoms with E-state index in [1.165, 1.54) is 0 Å². The van der Waals surface area contributed by atoms with Gasteiger partial charge in [-0.15, -0.1) is 0 Å².